The maximum absolute atomic E-state index is 2.28. The Hall–Kier alpha value is -1.04. The first-order valence-electron chi connectivity index (χ1n) is 4.12. The van der Waals surface area contributed by atoms with E-state index in [0.717, 1.165) is 6.42 Å². The number of benzene rings is 1. The van der Waals surface area contributed by atoms with E-state index < -0.39 is 0 Å². The van der Waals surface area contributed by atoms with Gasteiger partial charge in [-0.2, -0.15) is 0 Å². The van der Waals surface area contributed by atoms with Crippen LogP contribution in [-0.2, 0) is 6.42 Å². The summed E-state index contributed by atoms with van der Waals surface area (Å²) in [6.45, 7) is 2.24. The second kappa shape index (κ2) is 2.54. The van der Waals surface area contributed by atoms with Crippen molar-refractivity contribution in [3.05, 3.63) is 47.5 Å². The molecule has 56 valence electrons. The van der Waals surface area contributed by atoms with Gasteiger partial charge in [0.25, 0.3) is 0 Å². The van der Waals surface area contributed by atoms with Gasteiger partial charge in [-0.25, -0.2) is 0 Å². The molecule has 0 bridgehead atoms. The molecule has 0 nitrogen and oxygen atoms in total. The molecule has 1 aromatic rings. The fourth-order valence-electron chi connectivity index (χ4n) is 1.67. The SMILES string of the molecule is CC1C=CCc2ccccc21. The Morgan fingerprint density at radius 2 is 2.09 bits per heavy atom. The molecule has 1 aliphatic carbocycles. The summed E-state index contributed by atoms with van der Waals surface area (Å²) >= 11 is 0. The normalized spacial score (nSPS) is 21.4. The fourth-order valence-corrected chi connectivity index (χ4v) is 1.67. The average Bonchev–Trinajstić information content (AvgIpc) is 2.06. The Kier molecular flexibility index (Phi) is 1.54. The van der Waals surface area contributed by atoms with Crippen LogP contribution in [0.2, 0.25) is 0 Å². The third-order valence-electron chi connectivity index (χ3n) is 2.31. The van der Waals surface area contributed by atoms with E-state index in [2.05, 4.69) is 43.3 Å². The van der Waals surface area contributed by atoms with Crippen LogP contribution in [0.3, 0.4) is 0 Å². The molecule has 0 spiro atoms. The second-order valence-electron chi connectivity index (χ2n) is 3.12. The van der Waals surface area contributed by atoms with Gasteiger partial charge in [-0.15, -0.1) is 0 Å². The molecule has 0 N–H and O–H groups in total. The lowest BCUT2D eigenvalue weighted by Crippen LogP contribution is -2.00. The van der Waals surface area contributed by atoms with Gasteiger partial charge < -0.3 is 0 Å². The van der Waals surface area contributed by atoms with E-state index in [4.69, 9.17) is 0 Å². The van der Waals surface area contributed by atoms with Gasteiger partial charge in [0.1, 0.15) is 0 Å². The lowest BCUT2D eigenvalue weighted by Gasteiger charge is -2.16. The van der Waals surface area contributed by atoms with E-state index in [1.807, 2.05) is 0 Å². The lowest BCUT2D eigenvalue weighted by molar-refractivity contribution is 0.908. The van der Waals surface area contributed by atoms with Crippen molar-refractivity contribution in [2.24, 2.45) is 0 Å². The molecule has 0 saturated carbocycles. The third kappa shape index (κ3) is 1.09. The van der Waals surface area contributed by atoms with Crippen LogP contribution >= 0.6 is 0 Å². The first-order valence-corrected chi connectivity index (χ1v) is 4.12. The van der Waals surface area contributed by atoms with E-state index in [0.29, 0.717) is 5.92 Å². The van der Waals surface area contributed by atoms with Crippen molar-refractivity contribution in [2.75, 3.05) is 0 Å². The van der Waals surface area contributed by atoms with Gasteiger partial charge >= 0.3 is 0 Å². The number of hydrogen-bond acceptors (Lipinski definition) is 0. The molecular weight excluding hydrogens is 132 g/mol. The van der Waals surface area contributed by atoms with Gasteiger partial charge in [0.2, 0.25) is 0 Å². The Morgan fingerprint density at radius 1 is 1.27 bits per heavy atom. The highest BCUT2D eigenvalue weighted by molar-refractivity contribution is 5.37. The topological polar surface area (TPSA) is 0 Å². The van der Waals surface area contributed by atoms with E-state index in [1.165, 1.54) is 11.1 Å². The predicted octanol–water partition coefficient (Wildman–Crippen LogP) is 2.90. The maximum Gasteiger partial charge on any atom is -0.000748 e. The number of fused-ring (bicyclic) bond motifs is 1. The molecule has 0 aromatic heterocycles. The van der Waals surface area contributed by atoms with Crippen LogP contribution in [0.25, 0.3) is 0 Å². The van der Waals surface area contributed by atoms with Crippen molar-refractivity contribution in [1.29, 1.82) is 0 Å². The van der Waals surface area contributed by atoms with E-state index in [9.17, 15) is 0 Å². The highest BCUT2D eigenvalue weighted by Gasteiger charge is 2.09. The van der Waals surface area contributed by atoms with Crippen LogP contribution < -0.4 is 0 Å². The molecule has 1 unspecified atom stereocenters. The zero-order valence-corrected chi connectivity index (χ0v) is 6.75. The molecule has 0 saturated heterocycles. The standard InChI is InChI=1S/C11H12/c1-9-5-4-7-10-6-2-3-8-11(9)10/h2-6,8-9H,7H2,1H3. The fraction of sp³-hybridized carbons (Fsp3) is 0.273. The molecule has 1 atom stereocenters. The quantitative estimate of drug-likeness (QED) is 0.491. The summed E-state index contributed by atoms with van der Waals surface area (Å²) in [4.78, 5) is 0. The van der Waals surface area contributed by atoms with Crippen molar-refractivity contribution in [2.45, 2.75) is 19.3 Å². The zero-order valence-electron chi connectivity index (χ0n) is 6.75. The number of hydrogen-bond donors (Lipinski definition) is 0. The minimum absolute atomic E-state index is 0.611. The molecule has 0 heterocycles. The summed E-state index contributed by atoms with van der Waals surface area (Å²) in [5.74, 6) is 0.611. The summed E-state index contributed by atoms with van der Waals surface area (Å²) in [7, 11) is 0. The minimum atomic E-state index is 0.611. The zero-order chi connectivity index (χ0) is 7.68. The Bertz CT molecular complexity index is 284. The lowest BCUT2D eigenvalue weighted by atomic mass is 9.89. The predicted molar refractivity (Wildman–Crippen MR) is 47.7 cm³/mol. The molecule has 0 heteroatoms. The average molecular weight is 144 g/mol. The van der Waals surface area contributed by atoms with Gasteiger partial charge in [0, 0.05) is 0 Å². The Morgan fingerprint density at radius 3 is 2.91 bits per heavy atom. The molecule has 11 heavy (non-hydrogen) atoms. The molecule has 0 fully saturated rings. The van der Waals surface area contributed by atoms with Crippen LogP contribution in [0.4, 0.5) is 0 Å². The summed E-state index contributed by atoms with van der Waals surface area (Å²) in [5, 5.41) is 0. The van der Waals surface area contributed by atoms with Crippen molar-refractivity contribution >= 4 is 0 Å². The molecule has 1 aliphatic rings. The summed E-state index contributed by atoms with van der Waals surface area (Å²) in [6.07, 6.45) is 5.65. The van der Waals surface area contributed by atoms with Crippen LogP contribution in [0.1, 0.15) is 24.0 Å². The van der Waals surface area contributed by atoms with Gasteiger partial charge in [-0.05, 0) is 23.5 Å². The molecule has 1 aromatic carbocycles. The summed E-state index contributed by atoms with van der Waals surface area (Å²) in [5.41, 5.74) is 2.98. The minimum Gasteiger partial charge on any atom is -0.0835 e. The van der Waals surface area contributed by atoms with E-state index >= 15 is 0 Å². The maximum atomic E-state index is 2.28. The van der Waals surface area contributed by atoms with Crippen molar-refractivity contribution in [3.63, 3.8) is 0 Å². The van der Waals surface area contributed by atoms with Crippen LogP contribution in [-0.4, -0.2) is 0 Å². The van der Waals surface area contributed by atoms with Crippen molar-refractivity contribution < 1.29 is 0 Å². The van der Waals surface area contributed by atoms with E-state index in [1.54, 1.807) is 0 Å². The third-order valence-corrected chi connectivity index (χ3v) is 2.31. The van der Waals surface area contributed by atoms with Crippen molar-refractivity contribution in [3.8, 4) is 0 Å². The first kappa shape index (κ1) is 6.66. The highest BCUT2D eigenvalue weighted by Crippen LogP contribution is 2.25. The molecular formula is C11H12. The molecule has 0 aliphatic heterocycles. The Labute approximate surface area is 67.6 Å². The summed E-state index contributed by atoms with van der Waals surface area (Å²) < 4.78 is 0. The highest BCUT2D eigenvalue weighted by atomic mass is 14.1. The Balaban J connectivity index is 2.50. The molecule has 0 amide bonds. The largest absolute Gasteiger partial charge is 0.0835 e. The second-order valence-corrected chi connectivity index (χ2v) is 3.12. The van der Waals surface area contributed by atoms with Crippen LogP contribution in [0.15, 0.2) is 36.4 Å². The van der Waals surface area contributed by atoms with Crippen LogP contribution in [0, 0.1) is 0 Å². The van der Waals surface area contributed by atoms with Crippen LogP contribution in [0.5, 0.6) is 0 Å². The smallest absolute Gasteiger partial charge is 0.000748 e. The van der Waals surface area contributed by atoms with Gasteiger partial charge in [-0.3, -0.25) is 0 Å². The molecule has 2 rings (SSSR count). The molecule has 0 radical (unpaired) electrons. The number of allylic oxidation sites excluding steroid dienone is 2. The van der Waals surface area contributed by atoms with Crippen molar-refractivity contribution in [1.82, 2.24) is 0 Å². The van der Waals surface area contributed by atoms with E-state index in [-0.39, 0.29) is 0 Å². The first-order chi connectivity index (χ1) is 5.38. The number of rotatable bonds is 0. The van der Waals surface area contributed by atoms with Gasteiger partial charge in [-0.1, -0.05) is 43.3 Å². The monoisotopic (exact) mass is 144 g/mol. The van der Waals surface area contributed by atoms with Gasteiger partial charge in [0.05, 0.1) is 0 Å². The summed E-state index contributed by atoms with van der Waals surface area (Å²) in [6, 6.07) is 8.68. The van der Waals surface area contributed by atoms with Gasteiger partial charge in [0.15, 0.2) is 0 Å².